The van der Waals surface area contributed by atoms with Gasteiger partial charge in [0, 0.05) is 17.4 Å². The molecule has 8 heteroatoms. The Labute approximate surface area is 172 Å². The van der Waals surface area contributed by atoms with Crippen molar-refractivity contribution in [3.8, 4) is 23.0 Å². The molecule has 0 saturated heterocycles. The standard InChI is InChI=1S/C22H20FN5O2/c1-13-4-9-18(10-14(13)2)25-20(29)12-28-11-19(24-15(28)3)21-26-22(30-27-21)16-5-7-17(23)8-6-16/h4-11H,12H2,1-3H3,(H,25,29). The first-order valence-corrected chi connectivity index (χ1v) is 9.40. The molecule has 2 aromatic carbocycles. The molecule has 0 saturated carbocycles. The molecular formula is C22H20FN5O2. The van der Waals surface area contributed by atoms with Crippen LogP contribution in [-0.2, 0) is 11.3 Å². The molecule has 2 aromatic heterocycles. The summed E-state index contributed by atoms with van der Waals surface area (Å²) in [6.45, 7) is 5.93. The van der Waals surface area contributed by atoms with Crippen LogP contribution >= 0.6 is 0 Å². The van der Waals surface area contributed by atoms with Crippen molar-refractivity contribution in [2.75, 3.05) is 5.32 Å². The van der Waals surface area contributed by atoms with E-state index in [1.807, 2.05) is 32.0 Å². The van der Waals surface area contributed by atoms with E-state index in [1.54, 1.807) is 29.8 Å². The zero-order valence-corrected chi connectivity index (χ0v) is 16.8. The van der Waals surface area contributed by atoms with Crippen LogP contribution in [0.5, 0.6) is 0 Å². The van der Waals surface area contributed by atoms with Gasteiger partial charge in [-0.3, -0.25) is 4.79 Å². The van der Waals surface area contributed by atoms with Gasteiger partial charge >= 0.3 is 0 Å². The van der Waals surface area contributed by atoms with Crippen LogP contribution in [-0.4, -0.2) is 25.6 Å². The molecule has 0 aliphatic heterocycles. The van der Waals surface area contributed by atoms with Crippen LogP contribution < -0.4 is 5.32 Å². The highest BCUT2D eigenvalue weighted by Gasteiger charge is 2.16. The van der Waals surface area contributed by atoms with E-state index >= 15 is 0 Å². The predicted molar refractivity (Wildman–Crippen MR) is 110 cm³/mol. The molecule has 1 amide bonds. The summed E-state index contributed by atoms with van der Waals surface area (Å²) in [6, 6.07) is 11.6. The number of carbonyl (C=O) groups excluding carboxylic acids is 1. The Balaban J connectivity index is 1.48. The molecule has 2 heterocycles. The van der Waals surface area contributed by atoms with Gasteiger partial charge in [0.1, 0.15) is 23.9 Å². The van der Waals surface area contributed by atoms with E-state index in [0.717, 1.165) is 11.3 Å². The average molecular weight is 405 g/mol. The first kappa shape index (κ1) is 19.5. The number of aromatic nitrogens is 4. The van der Waals surface area contributed by atoms with Gasteiger partial charge in [0.25, 0.3) is 5.89 Å². The van der Waals surface area contributed by atoms with Crippen molar-refractivity contribution in [3.63, 3.8) is 0 Å². The van der Waals surface area contributed by atoms with Crippen molar-refractivity contribution in [1.82, 2.24) is 19.7 Å². The van der Waals surface area contributed by atoms with Crippen molar-refractivity contribution in [2.24, 2.45) is 0 Å². The predicted octanol–water partition coefficient (Wildman–Crippen LogP) is 4.30. The first-order valence-electron chi connectivity index (χ1n) is 9.40. The molecule has 0 bridgehead atoms. The molecule has 7 nitrogen and oxygen atoms in total. The Morgan fingerprint density at radius 1 is 1.07 bits per heavy atom. The molecule has 0 radical (unpaired) electrons. The average Bonchev–Trinajstić information content (AvgIpc) is 3.33. The molecule has 0 aliphatic rings. The van der Waals surface area contributed by atoms with Gasteiger partial charge in [-0.2, -0.15) is 4.98 Å². The molecule has 152 valence electrons. The number of amides is 1. The quantitative estimate of drug-likeness (QED) is 0.535. The third-order valence-corrected chi connectivity index (χ3v) is 4.83. The molecule has 0 unspecified atom stereocenters. The summed E-state index contributed by atoms with van der Waals surface area (Å²) in [4.78, 5) is 21.2. The van der Waals surface area contributed by atoms with Gasteiger partial charge < -0.3 is 14.4 Å². The third kappa shape index (κ3) is 4.12. The van der Waals surface area contributed by atoms with Crippen molar-refractivity contribution >= 4 is 11.6 Å². The van der Waals surface area contributed by atoms with Crippen LogP contribution in [0, 0.1) is 26.6 Å². The highest BCUT2D eigenvalue weighted by Crippen LogP contribution is 2.22. The smallest absolute Gasteiger partial charge is 0.258 e. The van der Waals surface area contributed by atoms with E-state index < -0.39 is 0 Å². The fourth-order valence-electron chi connectivity index (χ4n) is 2.99. The number of aryl methyl sites for hydroxylation is 3. The van der Waals surface area contributed by atoms with Crippen LogP contribution in [0.15, 0.2) is 53.2 Å². The van der Waals surface area contributed by atoms with Crippen LogP contribution in [0.4, 0.5) is 10.1 Å². The number of hydrogen-bond acceptors (Lipinski definition) is 5. The number of anilines is 1. The summed E-state index contributed by atoms with van der Waals surface area (Å²) in [7, 11) is 0. The summed E-state index contributed by atoms with van der Waals surface area (Å²) >= 11 is 0. The molecule has 0 fully saturated rings. The number of nitrogens with zero attached hydrogens (tertiary/aromatic N) is 4. The van der Waals surface area contributed by atoms with Crippen LogP contribution in [0.25, 0.3) is 23.0 Å². The lowest BCUT2D eigenvalue weighted by Gasteiger charge is -2.09. The lowest BCUT2D eigenvalue weighted by Crippen LogP contribution is -2.19. The molecule has 0 aliphatic carbocycles. The van der Waals surface area contributed by atoms with Gasteiger partial charge in [-0.1, -0.05) is 11.2 Å². The molecule has 30 heavy (non-hydrogen) atoms. The number of imidazole rings is 1. The third-order valence-electron chi connectivity index (χ3n) is 4.83. The zero-order valence-electron chi connectivity index (χ0n) is 16.8. The van der Waals surface area contributed by atoms with Crippen LogP contribution in [0.3, 0.4) is 0 Å². The second kappa shape index (κ2) is 7.90. The van der Waals surface area contributed by atoms with Crippen molar-refractivity contribution in [2.45, 2.75) is 27.3 Å². The Kier molecular flexibility index (Phi) is 5.14. The summed E-state index contributed by atoms with van der Waals surface area (Å²) in [5.74, 6) is 0.709. The molecule has 0 spiro atoms. The normalized spacial score (nSPS) is 10.9. The SMILES string of the molecule is Cc1ccc(NC(=O)Cn2cc(-c3noc(-c4ccc(F)cc4)n3)nc2C)cc1C. The Morgan fingerprint density at radius 2 is 1.83 bits per heavy atom. The van der Waals surface area contributed by atoms with Crippen LogP contribution in [0.2, 0.25) is 0 Å². The highest BCUT2D eigenvalue weighted by molar-refractivity contribution is 5.90. The van der Waals surface area contributed by atoms with Gasteiger partial charge in [0.15, 0.2) is 0 Å². The number of halogens is 1. The summed E-state index contributed by atoms with van der Waals surface area (Å²) in [6.07, 6.45) is 1.70. The fourth-order valence-corrected chi connectivity index (χ4v) is 2.99. The maximum Gasteiger partial charge on any atom is 0.258 e. The van der Waals surface area contributed by atoms with E-state index in [-0.39, 0.29) is 24.2 Å². The highest BCUT2D eigenvalue weighted by atomic mass is 19.1. The topological polar surface area (TPSA) is 85.8 Å². The van der Waals surface area contributed by atoms with E-state index in [9.17, 15) is 9.18 Å². The molecular weight excluding hydrogens is 385 g/mol. The minimum absolute atomic E-state index is 0.106. The van der Waals surface area contributed by atoms with Gasteiger partial charge in [-0.05, 0) is 68.3 Å². The number of benzene rings is 2. The molecule has 4 rings (SSSR count). The van der Waals surface area contributed by atoms with E-state index in [2.05, 4.69) is 20.4 Å². The molecule has 4 aromatic rings. The largest absolute Gasteiger partial charge is 0.334 e. The maximum absolute atomic E-state index is 13.1. The maximum atomic E-state index is 13.1. The monoisotopic (exact) mass is 405 g/mol. The minimum atomic E-state index is -0.341. The van der Waals surface area contributed by atoms with E-state index in [0.29, 0.717) is 22.9 Å². The van der Waals surface area contributed by atoms with Gasteiger partial charge in [-0.25, -0.2) is 9.37 Å². The lowest BCUT2D eigenvalue weighted by atomic mass is 10.1. The number of hydrogen-bond donors (Lipinski definition) is 1. The number of nitrogens with one attached hydrogen (secondary N) is 1. The van der Waals surface area contributed by atoms with Crippen LogP contribution in [0.1, 0.15) is 17.0 Å². The minimum Gasteiger partial charge on any atom is -0.334 e. The van der Waals surface area contributed by atoms with Gasteiger partial charge in [0.05, 0.1) is 0 Å². The number of carbonyl (C=O) groups is 1. The van der Waals surface area contributed by atoms with Gasteiger partial charge in [0.2, 0.25) is 11.7 Å². The molecule has 1 N–H and O–H groups in total. The summed E-state index contributed by atoms with van der Waals surface area (Å²) in [5, 5.41) is 6.85. The van der Waals surface area contributed by atoms with E-state index in [1.165, 1.54) is 17.7 Å². The van der Waals surface area contributed by atoms with Crippen molar-refractivity contribution in [1.29, 1.82) is 0 Å². The number of rotatable bonds is 5. The Bertz CT molecular complexity index is 1210. The first-order chi connectivity index (χ1) is 14.4. The van der Waals surface area contributed by atoms with Crippen molar-refractivity contribution < 1.29 is 13.7 Å². The second-order valence-electron chi connectivity index (χ2n) is 7.08. The second-order valence-corrected chi connectivity index (χ2v) is 7.08. The Morgan fingerprint density at radius 3 is 2.57 bits per heavy atom. The van der Waals surface area contributed by atoms with Gasteiger partial charge in [-0.15, -0.1) is 0 Å². The summed E-state index contributed by atoms with van der Waals surface area (Å²) in [5.41, 5.74) is 4.14. The zero-order chi connectivity index (χ0) is 21.3. The lowest BCUT2D eigenvalue weighted by molar-refractivity contribution is -0.116. The van der Waals surface area contributed by atoms with Crippen molar-refractivity contribution in [3.05, 3.63) is 71.4 Å². The van der Waals surface area contributed by atoms with E-state index in [4.69, 9.17) is 4.52 Å². The summed E-state index contributed by atoms with van der Waals surface area (Å²) < 4.78 is 20.1. The Hall–Kier alpha value is -3.81. The fraction of sp³-hybridized carbons (Fsp3) is 0.182. The molecule has 0 atom stereocenters.